The number of carbonyl (C=O) groups is 2. The molecule has 4 nitrogen and oxygen atoms in total. The largest absolute Gasteiger partial charge is 0.465 e. The average Bonchev–Trinajstić information content (AvgIpc) is 2.87. The number of unbranched alkanes of at least 4 members (excludes halogenated alkanes) is 2. The van der Waals surface area contributed by atoms with E-state index in [4.69, 9.17) is 4.74 Å². The van der Waals surface area contributed by atoms with Gasteiger partial charge in [0.2, 0.25) is 0 Å². The Labute approximate surface area is 133 Å². The van der Waals surface area contributed by atoms with Gasteiger partial charge >= 0.3 is 5.97 Å². The Morgan fingerprint density at radius 3 is 2.55 bits per heavy atom. The summed E-state index contributed by atoms with van der Waals surface area (Å²) < 4.78 is 5.07. The number of esters is 1. The number of hydrogen-bond acceptors (Lipinski definition) is 4. The number of ketones is 1. The van der Waals surface area contributed by atoms with Gasteiger partial charge in [0, 0.05) is 11.8 Å². The molecule has 1 heterocycles. The number of Topliss-reactive ketones (excluding diaryl/α,β-unsaturated/α-hetero) is 1. The summed E-state index contributed by atoms with van der Waals surface area (Å²) in [4.78, 5) is 24.5. The molecule has 1 rings (SSSR count). The molecule has 0 radical (unpaired) electrons. The number of carbonyl (C=O) groups excluding carboxylic acids is 2. The van der Waals surface area contributed by atoms with Gasteiger partial charge in [-0.25, -0.2) is 0 Å². The first-order valence-electron chi connectivity index (χ1n) is 8.37. The Bertz CT molecular complexity index is 413. The second-order valence-electron chi connectivity index (χ2n) is 6.77. The molecule has 0 spiro atoms. The SMILES string of the molecule is C=C(CCCCC)[C@@H](O)[C@H](C)C(=O)C1C(=O)OC[C@@H]1C(C)C. The summed E-state index contributed by atoms with van der Waals surface area (Å²) in [5, 5.41) is 10.4. The molecule has 1 fully saturated rings. The number of ether oxygens (including phenoxy) is 1. The first kappa shape index (κ1) is 18.9. The van der Waals surface area contributed by atoms with Crippen molar-refractivity contribution in [2.45, 2.75) is 59.5 Å². The molecule has 1 aliphatic rings. The highest BCUT2D eigenvalue weighted by atomic mass is 16.5. The third kappa shape index (κ3) is 4.42. The van der Waals surface area contributed by atoms with E-state index in [1.165, 1.54) is 0 Å². The van der Waals surface area contributed by atoms with Crippen LogP contribution in [0.15, 0.2) is 12.2 Å². The molecular weight excluding hydrogens is 280 g/mol. The van der Waals surface area contributed by atoms with E-state index in [-0.39, 0.29) is 17.6 Å². The van der Waals surface area contributed by atoms with E-state index in [0.29, 0.717) is 12.2 Å². The molecular formula is C18H30O4. The number of cyclic esters (lactones) is 1. The zero-order valence-corrected chi connectivity index (χ0v) is 14.3. The van der Waals surface area contributed by atoms with Gasteiger partial charge in [-0.15, -0.1) is 0 Å². The van der Waals surface area contributed by atoms with Gasteiger partial charge in [0.05, 0.1) is 12.7 Å². The molecule has 0 saturated carbocycles. The molecule has 0 aromatic heterocycles. The van der Waals surface area contributed by atoms with E-state index in [9.17, 15) is 14.7 Å². The highest BCUT2D eigenvalue weighted by molar-refractivity contribution is 6.01. The number of hydrogen-bond donors (Lipinski definition) is 1. The minimum absolute atomic E-state index is 0.0944. The molecule has 126 valence electrons. The topological polar surface area (TPSA) is 63.6 Å². The van der Waals surface area contributed by atoms with Gasteiger partial charge in [-0.1, -0.05) is 47.1 Å². The maximum atomic E-state index is 12.6. The van der Waals surface area contributed by atoms with Crippen LogP contribution in [0, 0.1) is 23.7 Å². The van der Waals surface area contributed by atoms with Gasteiger partial charge in [-0.3, -0.25) is 9.59 Å². The fourth-order valence-corrected chi connectivity index (χ4v) is 2.99. The van der Waals surface area contributed by atoms with Crippen LogP contribution in [-0.2, 0) is 14.3 Å². The van der Waals surface area contributed by atoms with Crippen LogP contribution in [0.2, 0.25) is 0 Å². The standard InChI is InChI=1S/C18H30O4/c1-6-7-8-9-12(4)16(19)13(5)17(20)15-14(11(2)3)10-22-18(15)21/h11,13-16,19H,4,6-10H2,1-3,5H3/t13-,14+,15?,16+/m0/s1. The van der Waals surface area contributed by atoms with Gasteiger partial charge in [0.15, 0.2) is 5.78 Å². The lowest BCUT2D eigenvalue weighted by molar-refractivity contribution is -0.146. The van der Waals surface area contributed by atoms with Crippen LogP contribution >= 0.6 is 0 Å². The van der Waals surface area contributed by atoms with Crippen molar-refractivity contribution in [2.24, 2.45) is 23.7 Å². The van der Waals surface area contributed by atoms with Gasteiger partial charge < -0.3 is 9.84 Å². The number of aliphatic hydroxyl groups is 1. The van der Waals surface area contributed by atoms with Crippen LogP contribution in [0.25, 0.3) is 0 Å². The Morgan fingerprint density at radius 1 is 1.36 bits per heavy atom. The highest BCUT2D eigenvalue weighted by Crippen LogP contribution is 2.33. The normalized spacial score (nSPS) is 24.2. The summed E-state index contributed by atoms with van der Waals surface area (Å²) in [6.07, 6.45) is 2.98. The van der Waals surface area contributed by atoms with Gasteiger partial charge in [-0.2, -0.15) is 0 Å². The minimum Gasteiger partial charge on any atom is -0.465 e. The van der Waals surface area contributed by atoms with Crippen molar-refractivity contribution in [3.8, 4) is 0 Å². The summed E-state index contributed by atoms with van der Waals surface area (Å²) in [5.74, 6) is -1.93. The molecule has 22 heavy (non-hydrogen) atoms. The second-order valence-corrected chi connectivity index (χ2v) is 6.77. The summed E-state index contributed by atoms with van der Waals surface area (Å²) in [6, 6.07) is 0. The maximum absolute atomic E-state index is 12.6. The second kappa shape index (κ2) is 8.47. The fraction of sp³-hybridized carbons (Fsp3) is 0.778. The lowest BCUT2D eigenvalue weighted by atomic mass is 9.77. The Morgan fingerprint density at radius 2 is 2.00 bits per heavy atom. The zero-order chi connectivity index (χ0) is 16.9. The van der Waals surface area contributed by atoms with Crippen LogP contribution in [0.5, 0.6) is 0 Å². The first-order chi connectivity index (χ1) is 10.3. The molecule has 0 bridgehead atoms. The van der Waals surface area contributed by atoms with Crippen molar-refractivity contribution in [3.05, 3.63) is 12.2 Å². The molecule has 0 aromatic carbocycles. The van der Waals surface area contributed by atoms with Crippen LogP contribution in [-0.4, -0.2) is 29.6 Å². The van der Waals surface area contributed by atoms with Crippen molar-refractivity contribution in [2.75, 3.05) is 6.61 Å². The average molecular weight is 310 g/mol. The van der Waals surface area contributed by atoms with Crippen molar-refractivity contribution in [3.63, 3.8) is 0 Å². The predicted octanol–water partition coefficient (Wildman–Crippen LogP) is 3.13. The summed E-state index contributed by atoms with van der Waals surface area (Å²) >= 11 is 0. The Balaban J connectivity index is 2.70. The van der Waals surface area contributed by atoms with Crippen molar-refractivity contribution in [1.29, 1.82) is 0 Å². The van der Waals surface area contributed by atoms with E-state index < -0.39 is 23.9 Å². The molecule has 1 N–H and O–H groups in total. The van der Waals surface area contributed by atoms with Crippen LogP contribution in [0.3, 0.4) is 0 Å². The summed E-state index contributed by atoms with van der Waals surface area (Å²) in [7, 11) is 0. The predicted molar refractivity (Wildman–Crippen MR) is 86.2 cm³/mol. The highest BCUT2D eigenvalue weighted by Gasteiger charge is 2.46. The molecule has 1 saturated heterocycles. The van der Waals surface area contributed by atoms with E-state index in [1.54, 1.807) is 6.92 Å². The fourth-order valence-electron chi connectivity index (χ4n) is 2.99. The van der Waals surface area contributed by atoms with Crippen LogP contribution in [0.1, 0.15) is 53.4 Å². The molecule has 4 heteroatoms. The Kier molecular flexibility index (Phi) is 7.27. The molecule has 0 aromatic rings. The van der Waals surface area contributed by atoms with E-state index in [1.807, 2.05) is 13.8 Å². The van der Waals surface area contributed by atoms with Crippen molar-refractivity contribution >= 4 is 11.8 Å². The monoisotopic (exact) mass is 310 g/mol. The van der Waals surface area contributed by atoms with Crippen molar-refractivity contribution in [1.82, 2.24) is 0 Å². The lowest BCUT2D eigenvalue weighted by Gasteiger charge is -2.25. The first-order valence-corrected chi connectivity index (χ1v) is 8.37. The minimum atomic E-state index is -0.884. The number of aliphatic hydroxyl groups excluding tert-OH is 1. The van der Waals surface area contributed by atoms with E-state index in [2.05, 4.69) is 13.5 Å². The van der Waals surface area contributed by atoms with Gasteiger partial charge in [0.1, 0.15) is 5.92 Å². The quantitative estimate of drug-likeness (QED) is 0.307. The van der Waals surface area contributed by atoms with E-state index in [0.717, 1.165) is 25.7 Å². The molecule has 1 unspecified atom stereocenters. The van der Waals surface area contributed by atoms with Crippen LogP contribution in [0.4, 0.5) is 0 Å². The maximum Gasteiger partial charge on any atom is 0.316 e. The molecule has 0 amide bonds. The third-order valence-corrected chi connectivity index (χ3v) is 4.71. The summed E-state index contributed by atoms with van der Waals surface area (Å²) in [5.41, 5.74) is 0.682. The van der Waals surface area contributed by atoms with Crippen molar-refractivity contribution < 1.29 is 19.4 Å². The molecule has 0 aliphatic carbocycles. The van der Waals surface area contributed by atoms with Crippen LogP contribution < -0.4 is 0 Å². The lowest BCUT2D eigenvalue weighted by Crippen LogP contribution is -2.37. The Hall–Kier alpha value is -1.16. The summed E-state index contributed by atoms with van der Waals surface area (Å²) in [6.45, 7) is 12.0. The molecule has 4 atom stereocenters. The van der Waals surface area contributed by atoms with Gasteiger partial charge in [0.25, 0.3) is 0 Å². The van der Waals surface area contributed by atoms with Gasteiger partial charge in [-0.05, 0) is 24.3 Å². The number of rotatable bonds is 9. The third-order valence-electron chi connectivity index (χ3n) is 4.71. The van der Waals surface area contributed by atoms with E-state index >= 15 is 0 Å². The zero-order valence-electron chi connectivity index (χ0n) is 14.3. The molecule has 1 aliphatic heterocycles. The smallest absolute Gasteiger partial charge is 0.316 e.